The third-order valence-corrected chi connectivity index (χ3v) is 7.47. The molecule has 1 unspecified atom stereocenters. The van der Waals surface area contributed by atoms with E-state index < -0.39 is 27.0 Å². The molecule has 0 aromatic heterocycles. The molecule has 7 nitrogen and oxygen atoms in total. The Hall–Kier alpha value is -3.99. The molecule has 2 amide bonds. The number of hydrogen-bond donors (Lipinski definition) is 3. The number of nitrogens with one attached hydrogen (secondary N) is 2. The summed E-state index contributed by atoms with van der Waals surface area (Å²) in [5.74, 6) is -1.48. The summed E-state index contributed by atoms with van der Waals surface area (Å²) in [4.78, 5) is 26.3. The highest BCUT2D eigenvalue weighted by atomic mass is 32.2. The van der Waals surface area contributed by atoms with Crippen molar-refractivity contribution in [1.29, 1.82) is 0 Å². The van der Waals surface area contributed by atoms with Crippen molar-refractivity contribution in [2.24, 2.45) is 5.14 Å². The minimum Gasteiger partial charge on any atom is -0.325 e. The lowest BCUT2D eigenvalue weighted by Gasteiger charge is -2.17. The number of hydrogen-bond acceptors (Lipinski definition) is 5. The molecule has 4 aromatic rings. The van der Waals surface area contributed by atoms with E-state index in [1.165, 1.54) is 54.2 Å². The Labute approximate surface area is 218 Å². The van der Waals surface area contributed by atoms with Crippen LogP contribution in [0.1, 0.15) is 21.2 Å². The van der Waals surface area contributed by atoms with Crippen LogP contribution in [0.4, 0.5) is 15.8 Å². The molecule has 0 spiro atoms. The second-order valence-corrected chi connectivity index (χ2v) is 10.7. The summed E-state index contributed by atoms with van der Waals surface area (Å²) in [5, 5.41) is 9.98. The Bertz CT molecular complexity index is 1510. The van der Waals surface area contributed by atoms with Crippen LogP contribution in [0.15, 0.2) is 113 Å². The molecule has 0 aliphatic heterocycles. The van der Waals surface area contributed by atoms with Gasteiger partial charge in [-0.2, -0.15) is 0 Å². The Morgan fingerprint density at radius 3 is 1.95 bits per heavy atom. The van der Waals surface area contributed by atoms with Crippen LogP contribution in [0.2, 0.25) is 0 Å². The third-order valence-electron chi connectivity index (χ3n) is 5.28. The van der Waals surface area contributed by atoms with Gasteiger partial charge in [0.1, 0.15) is 11.1 Å². The number of primary sulfonamides is 1. The predicted octanol–water partition coefficient (Wildman–Crippen LogP) is 5.20. The molecule has 37 heavy (non-hydrogen) atoms. The number of halogens is 1. The molecule has 188 valence electrons. The highest BCUT2D eigenvalue weighted by Gasteiger charge is 2.22. The van der Waals surface area contributed by atoms with Crippen molar-refractivity contribution in [2.75, 3.05) is 10.6 Å². The number of carbonyl (C=O) groups is 2. The van der Waals surface area contributed by atoms with Crippen molar-refractivity contribution in [2.45, 2.75) is 15.0 Å². The lowest BCUT2D eigenvalue weighted by molar-refractivity contribution is -0.115. The number of nitrogens with two attached hydrogens (primary N) is 1. The standard InChI is InChI=1S/C27H22FN3O4S2/c28-24-9-5-4-8-23(24)26(32)30-19-10-14-21(15-11-19)36-25(18-6-2-1-3-7-18)27(33)31-20-12-16-22(17-13-20)37(29,34)35/h1-17,25H,(H,30,32)(H,31,33)(H2,29,34,35). The van der Waals surface area contributed by atoms with E-state index in [9.17, 15) is 22.4 Å². The Morgan fingerprint density at radius 1 is 0.757 bits per heavy atom. The average Bonchev–Trinajstić information content (AvgIpc) is 2.88. The van der Waals surface area contributed by atoms with Crippen LogP contribution in [0.3, 0.4) is 0 Å². The molecule has 0 aliphatic rings. The smallest absolute Gasteiger partial charge is 0.258 e. The first kappa shape index (κ1) is 26.1. The van der Waals surface area contributed by atoms with Crippen LogP contribution >= 0.6 is 11.8 Å². The van der Waals surface area contributed by atoms with Crippen molar-refractivity contribution >= 4 is 45.0 Å². The number of sulfonamides is 1. The van der Waals surface area contributed by atoms with E-state index in [-0.39, 0.29) is 16.4 Å². The van der Waals surface area contributed by atoms with Crippen molar-refractivity contribution in [3.05, 3.63) is 120 Å². The Kier molecular flexibility index (Phi) is 8.02. The van der Waals surface area contributed by atoms with E-state index in [1.807, 2.05) is 30.3 Å². The van der Waals surface area contributed by atoms with E-state index in [0.29, 0.717) is 11.4 Å². The Morgan fingerprint density at radius 2 is 1.32 bits per heavy atom. The summed E-state index contributed by atoms with van der Waals surface area (Å²) in [6.45, 7) is 0. The van der Waals surface area contributed by atoms with Crippen LogP contribution in [-0.2, 0) is 14.8 Å². The van der Waals surface area contributed by atoms with Gasteiger partial charge in [0, 0.05) is 16.3 Å². The first-order valence-corrected chi connectivity index (χ1v) is 13.4. The monoisotopic (exact) mass is 535 g/mol. The van der Waals surface area contributed by atoms with Crippen molar-refractivity contribution in [1.82, 2.24) is 0 Å². The molecule has 0 radical (unpaired) electrons. The molecule has 4 rings (SSSR count). The van der Waals surface area contributed by atoms with Crippen LogP contribution < -0.4 is 15.8 Å². The van der Waals surface area contributed by atoms with Crippen molar-refractivity contribution in [3.8, 4) is 0 Å². The molecule has 4 N–H and O–H groups in total. The molecule has 4 aromatic carbocycles. The summed E-state index contributed by atoms with van der Waals surface area (Å²) < 4.78 is 36.8. The van der Waals surface area contributed by atoms with Gasteiger partial charge in [0.15, 0.2) is 0 Å². The van der Waals surface area contributed by atoms with Crippen LogP contribution in [0.25, 0.3) is 0 Å². The normalized spacial score (nSPS) is 11.9. The van der Waals surface area contributed by atoms with Crippen molar-refractivity contribution < 1.29 is 22.4 Å². The minimum absolute atomic E-state index is 0.0540. The maximum Gasteiger partial charge on any atom is 0.258 e. The van der Waals surface area contributed by atoms with Crippen LogP contribution in [-0.4, -0.2) is 20.2 Å². The summed E-state index contributed by atoms with van der Waals surface area (Å²) in [6.07, 6.45) is 0. The third kappa shape index (κ3) is 6.82. The fraction of sp³-hybridized carbons (Fsp3) is 0.0370. The van der Waals surface area contributed by atoms with Gasteiger partial charge in [-0.15, -0.1) is 11.8 Å². The predicted molar refractivity (Wildman–Crippen MR) is 142 cm³/mol. The van der Waals surface area contributed by atoms with E-state index >= 15 is 0 Å². The van der Waals surface area contributed by atoms with Gasteiger partial charge in [-0.25, -0.2) is 17.9 Å². The molecule has 0 aliphatic carbocycles. The topological polar surface area (TPSA) is 118 Å². The van der Waals surface area contributed by atoms with Crippen LogP contribution in [0, 0.1) is 5.82 Å². The minimum atomic E-state index is -3.84. The van der Waals surface area contributed by atoms with Gasteiger partial charge in [0.25, 0.3) is 5.91 Å². The van der Waals surface area contributed by atoms with Gasteiger partial charge in [-0.05, 0) is 66.2 Å². The zero-order valence-corrected chi connectivity index (χ0v) is 20.9. The van der Waals surface area contributed by atoms with Crippen molar-refractivity contribution in [3.63, 3.8) is 0 Å². The summed E-state index contributed by atoms with van der Waals surface area (Å²) in [6, 6.07) is 27.4. The molecular formula is C27H22FN3O4S2. The summed E-state index contributed by atoms with van der Waals surface area (Å²) >= 11 is 1.30. The maximum atomic E-state index is 13.9. The number of rotatable bonds is 8. The van der Waals surface area contributed by atoms with Gasteiger partial charge in [0.05, 0.1) is 10.5 Å². The number of thioether (sulfide) groups is 1. The number of carbonyl (C=O) groups excluding carboxylic acids is 2. The van der Waals surface area contributed by atoms with E-state index in [0.717, 1.165) is 10.5 Å². The molecule has 10 heteroatoms. The SMILES string of the molecule is NS(=O)(=O)c1ccc(NC(=O)C(Sc2ccc(NC(=O)c3ccccc3F)cc2)c2ccccc2)cc1. The molecular weight excluding hydrogens is 513 g/mol. The zero-order valence-electron chi connectivity index (χ0n) is 19.3. The second-order valence-electron chi connectivity index (χ2n) is 7.93. The van der Waals surface area contributed by atoms with Gasteiger partial charge < -0.3 is 10.6 Å². The fourth-order valence-corrected chi connectivity index (χ4v) is 4.97. The largest absolute Gasteiger partial charge is 0.325 e. The van der Waals surface area contributed by atoms with Gasteiger partial charge in [-0.3, -0.25) is 9.59 Å². The highest BCUT2D eigenvalue weighted by Crippen LogP contribution is 2.36. The van der Waals surface area contributed by atoms with E-state index in [1.54, 1.807) is 30.3 Å². The zero-order chi connectivity index (χ0) is 26.4. The van der Waals surface area contributed by atoms with Gasteiger partial charge in [-0.1, -0.05) is 42.5 Å². The number of benzene rings is 4. The maximum absolute atomic E-state index is 13.9. The molecule has 1 atom stereocenters. The lowest BCUT2D eigenvalue weighted by Crippen LogP contribution is -2.19. The second kappa shape index (κ2) is 11.4. The van der Waals surface area contributed by atoms with Crippen LogP contribution in [0.5, 0.6) is 0 Å². The first-order chi connectivity index (χ1) is 17.7. The molecule has 0 saturated carbocycles. The highest BCUT2D eigenvalue weighted by molar-refractivity contribution is 8.00. The molecule has 0 bridgehead atoms. The Balaban J connectivity index is 1.49. The van der Waals surface area contributed by atoms with Gasteiger partial charge in [0.2, 0.25) is 15.9 Å². The lowest BCUT2D eigenvalue weighted by atomic mass is 10.1. The molecule has 0 saturated heterocycles. The summed E-state index contributed by atoms with van der Waals surface area (Å²) in [5.41, 5.74) is 1.61. The number of anilines is 2. The molecule has 0 heterocycles. The number of amides is 2. The average molecular weight is 536 g/mol. The quantitative estimate of drug-likeness (QED) is 0.268. The fourth-order valence-electron chi connectivity index (χ4n) is 3.43. The van der Waals surface area contributed by atoms with E-state index in [4.69, 9.17) is 5.14 Å². The first-order valence-electron chi connectivity index (χ1n) is 11.0. The van der Waals surface area contributed by atoms with E-state index in [2.05, 4.69) is 10.6 Å². The van der Waals surface area contributed by atoms with Gasteiger partial charge >= 0.3 is 0 Å². The molecule has 0 fully saturated rings. The summed E-state index contributed by atoms with van der Waals surface area (Å²) in [7, 11) is -3.84.